The lowest BCUT2D eigenvalue weighted by molar-refractivity contribution is -0.140. The maximum absolute atomic E-state index is 14.8. The van der Waals surface area contributed by atoms with Crippen LogP contribution in [0.2, 0.25) is 0 Å². The van der Waals surface area contributed by atoms with Crippen LogP contribution in [-0.2, 0) is 9.59 Å². The Bertz CT molecular complexity index is 1580. The van der Waals surface area contributed by atoms with E-state index in [0.29, 0.717) is 56.7 Å². The van der Waals surface area contributed by atoms with Gasteiger partial charge in [0.05, 0.1) is 5.94 Å². The van der Waals surface area contributed by atoms with Gasteiger partial charge in [-0.3, -0.25) is 19.3 Å². The van der Waals surface area contributed by atoms with Crippen molar-refractivity contribution in [2.45, 2.75) is 146 Å². The molecule has 2 aliphatic heterocycles. The number of piperidine rings is 1. The average Bonchev–Trinajstić information content (AvgIpc) is 3.66. The number of hydrogen-bond acceptors (Lipinski definition) is 7. The van der Waals surface area contributed by atoms with Crippen LogP contribution in [0.4, 0.5) is 4.79 Å². The molecule has 6 rings (SSSR count). The van der Waals surface area contributed by atoms with Gasteiger partial charge in [-0.15, -0.1) is 0 Å². The molecule has 0 bridgehead atoms. The number of benzene rings is 2. The lowest BCUT2D eigenvalue weighted by Crippen LogP contribution is -2.56. The molecule has 0 unspecified atom stereocenters. The van der Waals surface area contributed by atoms with Gasteiger partial charge in [0, 0.05) is 30.7 Å². The third-order valence-electron chi connectivity index (χ3n) is 12.5. The summed E-state index contributed by atoms with van der Waals surface area (Å²) in [4.78, 5) is 59.1. The second-order valence-electron chi connectivity index (χ2n) is 16.6. The fourth-order valence-corrected chi connectivity index (χ4v) is 9.35. The van der Waals surface area contributed by atoms with E-state index < -0.39 is 31.1 Å². The minimum Gasteiger partial charge on any atom is -0.426 e. The molecule has 2 aromatic rings. The van der Waals surface area contributed by atoms with Crippen molar-refractivity contribution in [2.24, 2.45) is 5.92 Å². The first kappa shape index (κ1) is 41.0. The number of fused-ring (bicyclic) bond motifs is 1. The second-order valence-corrected chi connectivity index (χ2v) is 16.6. The van der Waals surface area contributed by atoms with Crippen LogP contribution in [-0.4, -0.2) is 107 Å². The molecule has 13 heteroatoms. The van der Waals surface area contributed by atoms with E-state index in [1.54, 1.807) is 11.0 Å². The van der Waals surface area contributed by atoms with Gasteiger partial charge < -0.3 is 36.2 Å². The van der Waals surface area contributed by atoms with Crippen molar-refractivity contribution in [1.82, 2.24) is 31.1 Å². The molecule has 0 spiro atoms. The Morgan fingerprint density at radius 1 is 0.800 bits per heavy atom. The molecule has 2 aliphatic carbocycles. The third kappa shape index (κ3) is 11.7. The number of hydrogen-bond donors (Lipinski definition) is 6. The molecule has 0 aromatic heterocycles. The molecule has 6 N–H and O–H groups in total. The van der Waals surface area contributed by atoms with Crippen LogP contribution in [0.3, 0.4) is 0 Å². The number of carbonyl (C=O) groups excluding carboxylic acids is 4. The fourth-order valence-electron chi connectivity index (χ4n) is 9.35. The van der Waals surface area contributed by atoms with E-state index in [4.69, 9.17) is 0 Å². The molecular formula is C42H63BN6O6. The molecule has 300 valence electrons. The van der Waals surface area contributed by atoms with E-state index >= 15 is 0 Å². The van der Waals surface area contributed by atoms with Crippen LogP contribution in [0.25, 0.3) is 10.8 Å². The standard InChI is InChI=1S/C42H63BN6O6/c50-39(33-22-21-31-16-8-9-17-32(31)27-33)46-36(26-30-14-4-1-5-15-30)41(52)49-29-35(48-24-12-3-13-25-48)28-37(49)40(51)47-38(43(54)55)20-10-11-23-44-42(53)45-34-18-6-2-7-19-34/h8-9,16-17,21-22,27,30,34-38,54-55H,1-7,10-15,18-20,23-26,28-29H2,(H,46,50)(H,47,51)(H2,44,45,53)/t35-,36-,37+,38+/m1/s1. The highest BCUT2D eigenvalue weighted by Gasteiger charge is 2.45. The SMILES string of the molecule is O=C(NCCCC[C@H](NC(=O)[C@@H]1C[C@@H](N2CCCCC2)CN1C(=O)[C@@H](CC1CCCCC1)NC(=O)c1ccc2ccccc2c1)B(O)O)NC1CCCCC1. The van der Waals surface area contributed by atoms with Gasteiger partial charge in [-0.25, -0.2) is 4.79 Å². The highest BCUT2D eigenvalue weighted by molar-refractivity contribution is 6.43. The first-order valence-electron chi connectivity index (χ1n) is 21.3. The van der Waals surface area contributed by atoms with Crippen LogP contribution in [0.1, 0.15) is 126 Å². The summed E-state index contributed by atoms with van der Waals surface area (Å²) in [6, 6.07) is 11.9. The zero-order chi connectivity index (χ0) is 38.6. The Balaban J connectivity index is 1.12. The summed E-state index contributed by atoms with van der Waals surface area (Å²) in [5.74, 6) is -1.60. The molecular weight excluding hydrogens is 695 g/mol. The van der Waals surface area contributed by atoms with Gasteiger partial charge in [0.2, 0.25) is 11.8 Å². The highest BCUT2D eigenvalue weighted by atomic mass is 16.4. The molecule has 55 heavy (non-hydrogen) atoms. The van der Waals surface area contributed by atoms with Crippen molar-refractivity contribution in [1.29, 1.82) is 0 Å². The molecule has 0 radical (unpaired) electrons. The lowest BCUT2D eigenvalue weighted by atomic mass is 9.76. The van der Waals surface area contributed by atoms with Crippen molar-refractivity contribution in [3.63, 3.8) is 0 Å². The Morgan fingerprint density at radius 3 is 2.22 bits per heavy atom. The van der Waals surface area contributed by atoms with Crippen LogP contribution in [0, 0.1) is 5.92 Å². The average molecular weight is 759 g/mol. The summed E-state index contributed by atoms with van der Waals surface area (Å²) >= 11 is 0. The smallest absolute Gasteiger partial charge is 0.426 e. The summed E-state index contributed by atoms with van der Waals surface area (Å²) in [5, 5.41) is 34.6. The summed E-state index contributed by atoms with van der Waals surface area (Å²) in [7, 11) is -1.78. The largest absolute Gasteiger partial charge is 0.475 e. The summed E-state index contributed by atoms with van der Waals surface area (Å²) in [6.45, 7) is 2.65. The minimum atomic E-state index is -1.78. The number of unbranched alkanes of at least 4 members (excludes halogenated alkanes) is 1. The van der Waals surface area contributed by atoms with Crippen LogP contribution >= 0.6 is 0 Å². The van der Waals surface area contributed by atoms with Gasteiger partial charge >= 0.3 is 13.1 Å². The van der Waals surface area contributed by atoms with Crippen molar-refractivity contribution >= 4 is 41.6 Å². The molecule has 12 nitrogen and oxygen atoms in total. The van der Waals surface area contributed by atoms with Crippen LogP contribution in [0.15, 0.2) is 42.5 Å². The van der Waals surface area contributed by atoms with Crippen molar-refractivity contribution in [3.8, 4) is 0 Å². The number of rotatable bonds is 15. The van der Waals surface area contributed by atoms with Gasteiger partial charge in [-0.2, -0.15) is 0 Å². The van der Waals surface area contributed by atoms with E-state index in [-0.39, 0.29) is 29.9 Å². The van der Waals surface area contributed by atoms with E-state index in [1.165, 1.54) is 12.8 Å². The molecule has 2 heterocycles. The normalized spacial score (nSPS) is 22.5. The predicted octanol–water partition coefficient (Wildman–Crippen LogP) is 4.66. The first-order chi connectivity index (χ1) is 26.7. The number of nitrogens with one attached hydrogen (secondary N) is 4. The van der Waals surface area contributed by atoms with Gasteiger partial charge in [-0.1, -0.05) is 94.5 Å². The van der Waals surface area contributed by atoms with E-state index in [1.807, 2.05) is 36.4 Å². The number of urea groups is 1. The van der Waals surface area contributed by atoms with Gasteiger partial charge in [0.25, 0.3) is 5.91 Å². The van der Waals surface area contributed by atoms with Gasteiger partial charge in [0.1, 0.15) is 12.1 Å². The monoisotopic (exact) mass is 758 g/mol. The molecule has 2 saturated carbocycles. The van der Waals surface area contributed by atoms with Crippen LogP contribution < -0.4 is 21.3 Å². The fraction of sp³-hybridized carbons (Fsp3) is 0.667. The molecule has 5 amide bonds. The zero-order valence-corrected chi connectivity index (χ0v) is 32.6. The first-order valence-corrected chi connectivity index (χ1v) is 21.3. The minimum absolute atomic E-state index is 0.00477. The van der Waals surface area contributed by atoms with Crippen LogP contribution in [0.5, 0.6) is 0 Å². The summed E-state index contributed by atoms with van der Waals surface area (Å²) in [6.07, 6.45) is 16.6. The topological polar surface area (TPSA) is 163 Å². The Kier molecular flexibility index (Phi) is 15.3. The zero-order valence-electron chi connectivity index (χ0n) is 32.6. The Hall–Kier alpha value is -3.68. The molecule has 4 aliphatic rings. The lowest BCUT2D eigenvalue weighted by Gasteiger charge is -2.33. The Morgan fingerprint density at radius 2 is 1.49 bits per heavy atom. The van der Waals surface area contributed by atoms with Crippen molar-refractivity contribution < 1.29 is 29.2 Å². The van der Waals surface area contributed by atoms with Crippen molar-refractivity contribution in [2.75, 3.05) is 26.2 Å². The van der Waals surface area contributed by atoms with E-state index in [2.05, 4.69) is 26.2 Å². The van der Waals surface area contributed by atoms with Gasteiger partial charge in [0.15, 0.2) is 0 Å². The predicted molar refractivity (Wildman–Crippen MR) is 215 cm³/mol. The molecule has 2 aromatic carbocycles. The maximum Gasteiger partial charge on any atom is 0.475 e. The molecule has 4 atom stereocenters. The number of carbonyl (C=O) groups is 4. The highest BCUT2D eigenvalue weighted by Crippen LogP contribution is 2.31. The third-order valence-corrected chi connectivity index (χ3v) is 12.5. The van der Waals surface area contributed by atoms with E-state index in [9.17, 15) is 29.2 Å². The Labute approximate surface area is 327 Å². The van der Waals surface area contributed by atoms with Gasteiger partial charge in [-0.05, 0) is 93.3 Å². The second kappa shape index (κ2) is 20.5. The summed E-state index contributed by atoms with van der Waals surface area (Å²) < 4.78 is 0. The van der Waals surface area contributed by atoms with E-state index in [0.717, 1.165) is 94.5 Å². The summed E-state index contributed by atoms with van der Waals surface area (Å²) in [5.41, 5.74) is 0.488. The maximum atomic E-state index is 14.8. The number of nitrogens with zero attached hydrogens (tertiary/aromatic N) is 2. The molecule has 4 fully saturated rings. The number of likely N-dealkylation sites (tertiary alicyclic amines) is 2. The van der Waals surface area contributed by atoms with Crippen molar-refractivity contribution in [3.05, 3.63) is 48.0 Å². The molecule has 2 saturated heterocycles. The number of amides is 5. The quantitative estimate of drug-likeness (QED) is 0.114.